The monoisotopic (exact) mass is 446 g/mol. The standard InChI is InChI=1S/C16H35N2O2S.HI/c1-4-5-6-7-8-9-10-11-16-21(19,20)17-12-14-18(2,3)15-13-17;/h4-16H2,1-3H3;1H/q+1;/p-1. The van der Waals surface area contributed by atoms with Gasteiger partial charge in [-0.25, -0.2) is 8.42 Å². The number of likely N-dealkylation sites (N-methyl/N-ethyl adjacent to an activating group) is 1. The minimum absolute atomic E-state index is 0. The van der Waals surface area contributed by atoms with Crippen molar-refractivity contribution >= 4 is 10.0 Å². The van der Waals surface area contributed by atoms with Gasteiger partial charge >= 0.3 is 0 Å². The highest BCUT2D eigenvalue weighted by atomic mass is 127. The zero-order chi connectivity index (χ0) is 15.8. The van der Waals surface area contributed by atoms with Gasteiger partial charge < -0.3 is 28.5 Å². The number of unbranched alkanes of at least 4 members (excludes halogenated alkanes) is 7. The van der Waals surface area contributed by atoms with Crippen LogP contribution < -0.4 is 24.0 Å². The minimum atomic E-state index is -3.01. The third kappa shape index (κ3) is 9.03. The Balaban J connectivity index is 0.00000441. The van der Waals surface area contributed by atoms with Crippen LogP contribution in [0.1, 0.15) is 58.3 Å². The van der Waals surface area contributed by atoms with E-state index < -0.39 is 10.0 Å². The Morgan fingerprint density at radius 2 is 1.32 bits per heavy atom. The fraction of sp³-hybridized carbons (Fsp3) is 1.00. The van der Waals surface area contributed by atoms with Crippen LogP contribution in [0, 0.1) is 0 Å². The molecule has 0 aromatic carbocycles. The number of hydrogen-bond acceptors (Lipinski definition) is 2. The van der Waals surface area contributed by atoms with E-state index in [0.717, 1.165) is 30.4 Å². The van der Waals surface area contributed by atoms with Crippen LogP contribution in [-0.4, -0.2) is 63.2 Å². The van der Waals surface area contributed by atoms with Gasteiger partial charge in [0, 0.05) is 0 Å². The summed E-state index contributed by atoms with van der Waals surface area (Å²) in [5.74, 6) is 0.343. The number of nitrogens with zero attached hydrogens (tertiary/aromatic N) is 2. The largest absolute Gasteiger partial charge is 1.00 e. The lowest BCUT2D eigenvalue weighted by Gasteiger charge is -2.38. The average molecular weight is 446 g/mol. The number of rotatable bonds is 10. The van der Waals surface area contributed by atoms with Gasteiger partial charge in [0.15, 0.2) is 0 Å². The number of halogens is 1. The van der Waals surface area contributed by atoms with Crippen molar-refractivity contribution in [2.45, 2.75) is 58.3 Å². The molecule has 0 amide bonds. The molecule has 1 aliphatic heterocycles. The third-order valence-corrected chi connectivity index (χ3v) is 6.52. The molecule has 6 heteroatoms. The normalized spacial score (nSPS) is 18.9. The van der Waals surface area contributed by atoms with Gasteiger partial charge in [-0.3, -0.25) is 0 Å². The topological polar surface area (TPSA) is 37.4 Å². The van der Waals surface area contributed by atoms with Crippen LogP contribution in [0.4, 0.5) is 0 Å². The summed E-state index contributed by atoms with van der Waals surface area (Å²) in [6.07, 6.45) is 9.57. The first kappa shape index (κ1) is 22.6. The van der Waals surface area contributed by atoms with Gasteiger partial charge in [-0.2, -0.15) is 4.31 Å². The molecule has 0 aromatic heterocycles. The van der Waals surface area contributed by atoms with Crippen LogP contribution in [-0.2, 0) is 10.0 Å². The zero-order valence-corrected chi connectivity index (χ0v) is 17.7. The first-order valence-corrected chi connectivity index (χ1v) is 10.3. The molecule has 134 valence electrons. The highest BCUT2D eigenvalue weighted by Gasteiger charge is 2.31. The summed E-state index contributed by atoms with van der Waals surface area (Å²) < 4.78 is 27.2. The van der Waals surface area contributed by atoms with E-state index >= 15 is 0 Å². The van der Waals surface area contributed by atoms with Gasteiger partial charge in [-0.15, -0.1) is 0 Å². The third-order valence-electron chi connectivity index (χ3n) is 4.56. The lowest BCUT2D eigenvalue weighted by atomic mass is 10.1. The summed E-state index contributed by atoms with van der Waals surface area (Å²) in [4.78, 5) is 0. The predicted octanol–water partition coefficient (Wildman–Crippen LogP) is -0.147. The van der Waals surface area contributed by atoms with E-state index in [1.165, 1.54) is 38.5 Å². The fourth-order valence-electron chi connectivity index (χ4n) is 2.81. The average Bonchev–Trinajstić information content (AvgIpc) is 2.41. The molecule has 0 unspecified atom stereocenters. The summed E-state index contributed by atoms with van der Waals surface area (Å²) in [5.41, 5.74) is 0. The first-order chi connectivity index (χ1) is 9.87. The van der Waals surface area contributed by atoms with Gasteiger partial charge in [0.1, 0.15) is 0 Å². The Hall–Kier alpha value is 0.600. The lowest BCUT2D eigenvalue weighted by molar-refractivity contribution is -0.893. The van der Waals surface area contributed by atoms with Crippen molar-refractivity contribution in [3.8, 4) is 0 Å². The second-order valence-electron chi connectivity index (χ2n) is 7.07. The molecule has 4 nitrogen and oxygen atoms in total. The molecule has 0 atom stereocenters. The zero-order valence-electron chi connectivity index (χ0n) is 14.7. The van der Waals surface area contributed by atoms with Crippen LogP contribution in [0.15, 0.2) is 0 Å². The summed E-state index contributed by atoms with van der Waals surface area (Å²) in [6, 6.07) is 0. The molecule has 1 fully saturated rings. The van der Waals surface area contributed by atoms with E-state index in [9.17, 15) is 8.42 Å². The molecule has 1 heterocycles. The molecule has 1 rings (SSSR count). The summed E-state index contributed by atoms with van der Waals surface area (Å²) >= 11 is 0. The SMILES string of the molecule is CCCCCCCCCCS(=O)(=O)N1CC[N+](C)(C)CC1.[I-]. The first-order valence-electron chi connectivity index (χ1n) is 8.67. The van der Waals surface area contributed by atoms with Gasteiger partial charge in [-0.05, 0) is 6.42 Å². The molecule has 0 radical (unpaired) electrons. The number of hydrogen-bond donors (Lipinski definition) is 0. The van der Waals surface area contributed by atoms with E-state index in [1.54, 1.807) is 4.31 Å². The number of quaternary nitrogens is 1. The van der Waals surface area contributed by atoms with Crippen molar-refractivity contribution in [3.05, 3.63) is 0 Å². The van der Waals surface area contributed by atoms with Crippen LogP contribution >= 0.6 is 0 Å². The highest BCUT2D eigenvalue weighted by Crippen LogP contribution is 2.14. The second kappa shape index (κ2) is 11.2. The molecule has 1 aliphatic rings. The van der Waals surface area contributed by atoms with Crippen molar-refractivity contribution in [1.29, 1.82) is 0 Å². The van der Waals surface area contributed by atoms with Crippen LogP contribution in [0.2, 0.25) is 0 Å². The van der Waals surface area contributed by atoms with Gasteiger partial charge in [0.05, 0.1) is 46.0 Å². The van der Waals surface area contributed by atoms with Crippen LogP contribution in [0.25, 0.3) is 0 Å². The van der Waals surface area contributed by atoms with Crippen LogP contribution in [0.5, 0.6) is 0 Å². The lowest BCUT2D eigenvalue weighted by Crippen LogP contribution is -3.00. The molecular weight excluding hydrogens is 411 g/mol. The predicted molar refractivity (Wildman–Crippen MR) is 89.8 cm³/mol. The van der Waals surface area contributed by atoms with Crippen molar-refractivity contribution in [2.75, 3.05) is 46.0 Å². The molecule has 0 N–H and O–H groups in total. The molecule has 22 heavy (non-hydrogen) atoms. The van der Waals surface area contributed by atoms with Gasteiger partial charge in [0.2, 0.25) is 10.0 Å². The second-order valence-corrected chi connectivity index (χ2v) is 9.16. The van der Waals surface area contributed by atoms with Crippen molar-refractivity contribution in [1.82, 2.24) is 4.31 Å². The summed E-state index contributed by atoms with van der Waals surface area (Å²) in [6.45, 7) is 5.46. The van der Waals surface area contributed by atoms with Crippen molar-refractivity contribution in [2.24, 2.45) is 0 Å². The molecular formula is C16H35IN2O2S. The molecule has 0 saturated carbocycles. The van der Waals surface area contributed by atoms with Gasteiger partial charge in [-0.1, -0.05) is 51.9 Å². The Bertz CT molecular complexity index is 376. The molecule has 0 aliphatic carbocycles. The fourth-order valence-corrected chi connectivity index (χ4v) is 4.36. The van der Waals surface area contributed by atoms with Gasteiger partial charge in [0.25, 0.3) is 0 Å². The highest BCUT2D eigenvalue weighted by molar-refractivity contribution is 7.89. The Labute approximate surface area is 155 Å². The number of sulfonamides is 1. The smallest absolute Gasteiger partial charge is 0.214 e. The van der Waals surface area contributed by atoms with E-state index in [0.29, 0.717) is 18.8 Å². The summed E-state index contributed by atoms with van der Waals surface area (Å²) in [7, 11) is 1.33. The maximum Gasteiger partial charge on any atom is 0.214 e. The minimum Gasteiger partial charge on any atom is -1.00 e. The maximum absolute atomic E-state index is 12.3. The maximum atomic E-state index is 12.3. The van der Waals surface area contributed by atoms with Crippen molar-refractivity contribution < 1.29 is 36.9 Å². The van der Waals surface area contributed by atoms with E-state index in [2.05, 4.69) is 21.0 Å². The molecule has 0 spiro atoms. The van der Waals surface area contributed by atoms with Crippen LogP contribution in [0.3, 0.4) is 0 Å². The van der Waals surface area contributed by atoms with Crippen molar-refractivity contribution in [3.63, 3.8) is 0 Å². The van der Waals surface area contributed by atoms with E-state index in [1.807, 2.05) is 0 Å². The van der Waals surface area contributed by atoms with E-state index in [-0.39, 0.29) is 24.0 Å². The number of piperazine rings is 1. The quantitative estimate of drug-likeness (QED) is 0.266. The Morgan fingerprint density at radius 1 is 0.864 bits per heavy atom. The molecule has 1 saturated heterocycles. The molecule has 0 bridgehead atoms. The summed E-state index contributed by atoms with van der Waals surface area (Å²) in [5, 5.41) is 0. The Kier molecular flexibility index (Phi) is 11.5. The van der Waals surface area contributed by atoms with E-state index in [4.69, 9.17) is 0 Å². The molecule has 0 aromatic rings. The Morgan fingerprint density at radius 3 is 1.82 bits per heavy atom.